The van der Waals surface area contributed by atoms with Crippen molar-refractivity contribution < 1.29 is 9.15 Å². The van der Waals surface area contributed by atoms with Gasteiger partial charge in [0.15, 0.2) is 0 Å². The van der Waals surface area contributed by atoms with Gasteiger partial charge in [-0.05, 0) is 74.2 Å². The van der Waals surface area contributed by atoms with Crippen LogP contribution >= 0.6 is 11.6 Å². The lowest BCUT2D eigenvalue weighted by molar-refractivity contribution is 0.225. The number of benzene rings is 2. The van der Waals surface area contributed by atoms with E-state index < -0.39 is 0 Å². The van der Waals surface area contributed by atoms with Crippen molar-refractivity contribution in [2.75, 3.05) is 25.0 Å². The summed E-state index contributed by atoms with van der Waals surface area (Å²) in [7, 11) is 0. The molecule has 32 heavy (non-hydrogen) atoms. The molecule has 0 amide bonds. The minimum absolute atomic E-state index is 0.184. The fraction of sp³-hybridized carbons (Fsp3) is 0.346. The van der Waals surface area contributed by atoms with E-state index in [1.54, 1.807) is 12.5 Å². The van der Waals surface area contributed by atoms with Crippen molar-refractivity contribution in [3.63, 3.8) is 0 Å². The fourth-order valence-corrected chi connectivity index (χ4v) is 4.26. The van der Waals surface area contributed by atoms with E-state index in [-0.39, 0.29) is 5.90 Å². The Kier molecular flexibility index (Phi) is 7.51. The zero-order chi connectivity index (χ0) is 22.3. The summed E-state index contributed by atoms with van der Waals surface area (Å²) in [6, 6.07) is 16.3. The summed E-state index contributed by atoms with van der Waals surface area (Å²) in [5.74, 6) is 0.184. The zero-order valence-electron chi connectivity index (χ0n) is 18.4. The van der Waals surface area contributed by atoms with Gasteiger partial charge < -0.3 is 19.4 Å². The Labute approximate surface area is 194 Å². The van der Waals surface area contributed by atoms with E-state index in [0.717, 1.165) is 45.9 Å². The van der Waals surface area contributed by atoms with Crippen molar-refractivity contribution in [1.29, 1.82) is 5.41 Å². The Morgan fingerprint density at radius 3 is 2.75 bits per heavy atom. The molecule has 4 rings (SSSR count). The fourth-order valence-electron chi connectivity index (χ4n) is 4.14. The summed E-state index contributed by atoms with van der Waals surface area (Å²) in [6.45, 7) is 5.65. The molecule has 0 saturated carbocycles. The smallest absolute Gasteiger partial charge is 0.215 e. The zero-order valence-corrected chi connectivity index (χ0v) is 19.2. The van der Waals surface area contributed by atoms with Gasteiger partial charge in [0.2, 0.25) is 5.90 Å². The monoisotopic (exact) mass is 451 g/mol. The number of rotatable bonds is 9. The van der Waals surface area contributed by atoms with E-state index in [1.165, 1.54) is 19.4 Å². The van der Waals surface area contributed by atoms with Gasteiger partial charge in [-0.15, -0.1) is 0 Å². The van der Waals surface area contributed by atoms with Crippen LogP contribution in [0.2, 0.25) is 5.02 Å². The van der Waals surface area contributed by atoms with Crippen molar-refractivity contribution in [3.8, 4) is 11.1 Å². The first-order valence-corrected chi connectivity index (χ1v) is 11.6. The third kappa shape index (κ3) is 5.72. The number of anilines is 1. The first kappa shape index (κ1) is 22.4. The third-order valence-corrected chi connectivity index (χ3v) is 6.29. The average molecular weight is 452 g/mol. The van der Waals surface area contributed by atoms with Crippen LogP contribution < -0.4 is 5.32 Å². The van der Waals surface area contributed by atoms with Crippen LogP contribution in [-0.2, 0) is 11.3 Å². The number of hydrogen-bond donors (Lipinski definition) is 2. The molecule has 168 valence electrons. The molecule has 1 atom stereocenters. The molecule has 0 bridgehead atoms. The minimum Gasteiger partial charge on any atom is -0.478 e. The standard InChI is InChI=1S/C26H30ClN3O2/c1-19-4-2-12-30(19)13-3-14-32-26(28)24-16-21(22-11-15-31-18-22)7-10-25(24)29-17-20-5-8-23(27)9-6-20/h5-11,15-16,18-19,28-29H,2-4,12-14,17H2,1H3. The molecule has 1 aliphatic rings. The first-order chi connectivity index (χ1) is 15.6. The van der Waals surface area contributed by atoms with Gasteiger partial charge in [0.1, 0.15) is 0 Å². The van der Waals surface area contributed by atoms with Crippen LogP contribution in [0.1, 0.15) is 37.3 Å². The van der Waals surface area contributed by atoms with E-state index in [2.05, 4.69) is 17.1 Å². The predicted octanol–water partition coefficient (Wildman–Crippen LogP) is 6.43. The topological polar surface area (TPSA) is 61.5 Å². The Morgan fingerprint density at radius 2 is 2.03 bits per heavy atom. The molecule has 2 aromatic carbocycles. The van der Waals surface area contributed by atoms with E-state index in [4.69, 9.17) is 26.2 Å². The Bertz CT molecular complexity index is 1020. The van der Waals surface area contributed by atoms with Crippen LogP contribution in [0.25, 0.3) is 11.1 Å². The molecule has 0 spiro atoms. The second-order valence-corrected chi connectivity index (χ2v) is 8.75. The van der Waals surface area contributed by atoms with Crippen molar-refractivity contribution >= 4 is 23.2 Å². The van der Waals surface area contributed by atoms with Crippen LogP contribution in [0.3, 0.4) is 0 Å². The van der Waals surface area contributed by atoms with Gasteiger partial charge in [0.25, 0.3) is 0 Å². The normalized spacial score (nSPS) is 16.2. The highest BCUT2D eigenvalue weighted by molar-refractivity contribution is 6.30. The molecule has 1 fully saturated rings. The summed E-state index contributed by atoms with van der Waals surface area (Å²) in [4.78, 5) is 2.51. The molecule has 0 aliphatic carbocycles. The largest absolute Gasteiger partial charge is 0.478 e. The maximum absolute atomic E-state index is 8.61. The van der Waals surface area contributed by atoms with Gasteiger partial charge in [0.05, 0.1) is 24.7 Å². The van der Waals surface area contributed by atoms with Crippen LogP contribution in [0.15, 0.2) is 65.5 Å². The van der Waals surface area contributed by atoms with Crippen LogP contribution in [0.4, 0.5) is 5.69 Å². The van der Waals surface area contributed by atoms with E-state index in [0.29, 0.717) is 19.2 Å². The molecule has 5 nitrogen and oxygen atoms in total. The maximum atomic E-state index is 8.61. The van der Waals surface area contributed by atoms with Crippen molar-refractivity contribution in [3.05, 3.63) is 77.2 Å². The lowest BCUT2D eigenvalue weighted by atomic mass is 10.0. The molecule has 1 unspecified atom stereocenters. The Balaban J connectivity index is 1.43. The highest BCUT2D eigenvalue weighted by Gasteiger charge is 2.19. The highest BCUT2D eigenvalue weighted by atomic mass is 35.5. The maximum Gasteiger partial charge on any atom is 0.215 e. The molecule has 1 aromatic heterocycles. The van der Waals surface area contributed by atoms with Gasteiger partial charge >= 0.3 is 0 Å². The van der Waals surface area contributed by atoms with Crippen molar-refractivity contribution in [2.45, 2.75) is 38.8 Å². The van der Waals surface area contributed by atoms with Crippen LogP contribution in [-0.4, -0.2) is 36.5 Å². The van der Waals surface area contributed by atoms with Crippen molar-refractivity contribution in [2.24, 2.45) is 0 Å². The molecule has 2 heterocycles. The van der Waals surface area contributed by atoms with Gasteiger partial charge in [-0.1, -0.05) is 29.8 Å². The summed E-state index contributed by atoms with van der Waals surface area (Å²) >= 11 is 6.00. The van der Waals surface area contributed by atoms with Gasteiger partial charge in [-0.2, -0.15) is 0 Å². The second-order valence-electron chi connectivity index (χ2n) is 8.31. The molecule has 1 aliphatic heterocycles. The number of likely N-dealkylation sites (tertiary alicyclic amines) is 1. The molecule has 1 saturated heterocycles. The summed E-state index contributed by atoms with van der Waals surface area (Å²) in [6.07, 6.45) is 6.84. The van der Waals surface area contributed by atoms with Gasteiger partial charge in [0, 0.05) is 35.4 Å². The minimum atomic E-state index is 0.184. The second kappa shape index (κ2) is 10.7. The predicted molar refractivity (Wildman–Crippen MR) is 131 cm³/mol. The molecule has 3 aromatic rings. The first-order valence-electron chi connectivity index (χ1n) is 11.2. The SMILES string of the molecule is CC1CCCN1CCCOC(=N)c1cc(-c2ccoc2)ccc1NCc1ccc(Cl)cc1. The summed E-state index contributed by atoms with van der Waals surface area (Å²) in [5, 5.41) is 12.8. The number of nitrogens with one attached hydrogen (secondary N) is 2. The Morgan fingerprint density at radius 1 is 1.19 bits per heavy atom. The van der Waals surface area contributed by atoms with E-state index in [1.807, 2.05) is 48.5 Å². The number of hydrogen-bond acceptors (Lipinski definition) is 5. The number of furan rings is 1. The molecule has 2 N–H and O–H groups in total. The molecule has 6 heteroatoms. The summed E-state index contributed by atoms with van der Waals surface area (Å²) < 4.78 is 11.1. The lowest BCUT2D eigenvalue weighted by Crippen LogP contribution is -2.28. The van der Waals surface area contributed by atoms with Gasteiger partial charge in [-0.3, -0.25) is 5.41 Å². The van der Waals surface area contributed by atoms with E-state index >= 15 is 0 Å². The number of ether oxygens (including phenoxy) is 1. The molecular formula is C26H30ClN3O2. The lowest BCUT2D eigenvalue weighted by Gasteiger charge is -2.21. The average Bonchev–Trinajstić information content (AvgIpc) is 3.48. The van der Waals surface area contributed by atoms with Crippen molar-refractivity contribution in [1.82, 2.24) is 4.90 Å². The third-order valence-electron chi connectivity index (χ3n) is 6.04. The molecule has 0 radical (unpaired) electrons. The summed E-state index contributed by atoms with van der Waals surface area (Å²) in [5.41, 5.74) is 4.69. The van der Waals surface area contributed by atoms with Crippen LogP contribution in [0, 0.1) is 5.41 Å². The quantitative estimate of drug-likeness (QED) is 0.223. The molecular weight excluding hydrogens is 422 g/mol. The van der Waals surface area contributed by atoms with Gasteiger partial charge in [-0.25, -0.2) is 0 Å². The number of halogens is 1. The highest BCUT2D eigenvalue weighted by Crippen LogP contribution is 2.27. The van der Waals surface area contributed by atoms with E-state index in [9.17, 15) is 0 Å². The Hall–Kier alpha value is -2.76. The number of nitrogens with zero attached hydrogens (tertiary/aromatic N) is 1. The van der Waals surface area contributed by atoms with Crippen LogP contribution in [0.5, 0.6) is 0 Å².